The molecule has 0 saturated carbocycles. The van der Waals surface area contributed by atoms with E-state index in [1.165, 1.54) is 0 Å². The maximum absolute atomic E-state index is 12.4. The van der Waals surface area contributed by atoms with E-state index >= 15 is 0 Å². The summed E-state index contributed by atoms with van der Waals surface area (Å²) in [5, 5.41) is 12.8. The van der Waals surface area contributed by atoms with Gasteiger partial charge in [0.05, 0.1) is 16.8 Å². The van der Waals surface area contributed by atoms with Crippen LogP contribution in [0.15, 0.2) is 66.9 Å². The molecule has 0 radical (unpaired) electrons. The van der Waals surface area contributed by atoms with Gasteiger partial charge in [-0.1, -0.05) is 35.9 Å². The SMILES string of the molecule is CC(O)Cc1ccc(NC(=O)c2ccc(-c3ncccc3Cl)cc2)cc1. The number of aliphatic hydroxyl groups excluding tert-OH is 1. The summed E-state index contributed by atoms with van der Waals surface area (Å²) in [5.41, 5.74) is 3.83. The van der Waals surface area contributed by atoms with Gasteiger partial charge in [0, 0.05) is 23.0 Å². The second kappa shape index (κ2) is 8.13. The van der Waals surface area contributed by atoms with Crippen LogP contribution in [-0.2, 0) is 6.42 Å². The predicted octanol–water partition coefficient (Wildman–Crippen LogP) is 4.58. The maximum atomic E-state index is 12.4. The van der Waals surface area contributed by atoms with Gasteiger partial charge in [-0.3, -0.25) is 9.78 Å². The standard InChI is InChI=1S/C21H19ClN2O2/c1-14(25)13-15-4-10-18(11-5-15)24-21(26)17-8-6-16(7-9-17)20-19(22)3-2-12-23-20/h2-12,14,25H,13H2,1H3,(H,24,26). The van der Waals surface area contributed by atoms with Gasteiger partial charge in [-0.05, 0) is 55.3 Å². The molecule has 0 aliphatic heterocycles. The average molecular weight is 367 g/mol. The number of rotatable bonds is 5. The number of anilines is 1. The molecule has 0 aliphatic carbocycles. The van der Waals surface area contributed by atoms with Crippen molar-refractivity contribution in [3.8, 4) is 11.3 Å². The third-order valence-electron chi connectivity index (χ3n) is 3.92. The van der Waals surface area contributed by atoms with Crippen LogP contribution in [0.1, 0.15) is 22.8 Å². The van der Waals surface area contributed by atoms with Gasteiger partial charge < -0.3 is 10.4 Å². The lowest BCUT2D eigenvalue weighted by atomic mass is 10.1. The van der Waals surface area contributed by atoms with Crippen molar-refractivity contribution in [3.05, 3.63) is 83.0 Å². The molecular formula is C21H19ClN2O2. The fourth-order valence-electron chi connectivity index (χ4n) is 2.65. The molecule has 3 aromatic rings. The van der Waals surface area contributed by atoms with Gasteiger partial charge in [-0.25, -0.2) is 0 Å². The van der Waals surface area contributed by atoms with E-state index in [1.807, 2.05) is 36.4 Å². The van der Waals surface area contributed by atoms with Gasteiger partial charge in [-0.15, -0.1) is 0 Å². The molecule has 0 saturated heterocycles. The Bertz CT molecular complexity index is 891. The number of pyridine rings is 1. The van der Waals surface area contributed by atoms with Crippen LogP contribution in [0.25, 0.3) is 11.3 Å². The minimum Gasteiger partial charge on any atom is -0.393 e. The van der Waals surface area contributed by atoms with Gasteiger partial charge in [0.2, 0.25) is 0 Å². The minimum atomic E-state index is -0.387. The van der Waals surface area contributed by atoms with E-state index in [0.29, 0.717) is 28.4 Å². The molecule has 0 fully saturated rings. The van der Waals surface area contributed by atoms with Crippen LogP contribution < -0.4 is 5.32 Å². The van der Waals surface area contributed by atoms with Crippen LogP contribution in [0, 0.1) is 0 Å². The number of benzene rings is 2. The maximum Gasteiger partial charge on any atom is 0.255 e. The van der Waals surface area contributed by atoms with Crippen molar-refractivity contribution >= 4 is 23.2 Å². The number of halogens is 1. The first-order valence-electron chi connectivity index (χ1n) is 8.32. The van der Waals surface area contributed by atoms with Crippen molar-refractivity contribution in [1.29, 1.82) is 0 Å². The average Bonchev–Trinajstić information content (AvgIpc) is 2.63. The zero-order chi connectivity index (χ0) is 18.5. The van der Waals surface area contributed by atoms with E-state index in [9.17, 15) is 9.90 Å². The molecule has 2 N–H and O–H groups in total. The van der Waals surface area contributed by atoms with Gasteiger partial charge >= 0.3 is 0 Å². The molecule has 1 amide bonds. The minimum absolute atomic E-state index is 0.188. The van der Waals surface area contributed by atoms with Gasteiger partial charge in [0.15, 0.2) is 0 Å². The number of carbonyl (C=O) groups is 1. The molecule has 1 atom stereocenters. The Morgan fingerprint density at radius 1 is 1.12 bits per heavy atom. The number of nitrogens with zero attached hydrogens (tertiary/aromatic N) is 1. The predicted molar refractivity (Wildman–Crippen MR) is 104 cm³/mol. The Labute approximate surface area is 157 Å². The number of aromatic nitrogens is 1. The lowest BCUT2D eigenvalue weighted by Gasteiger charge is -2.09. The van der Waals surface area contributed by atoms with Crippen LogP contribution in [-0.4, -0.2) is 22.1 Å². The molecule has 26 heavy (non-hydrogen) atoms. The molecule has 0 aliphatic rings. The molecule has 1 heterocycles. The molecule has 3 rings (SSSR count). The normalized spacial score (nSPS) is 11.8. The fraction of sp³-hybridized carbons (Fsp3) is 0.143. The Morgan fingerprint density at radius 2 is 1.81 bits per heavy atom. The van der Waals surface area contributed by atoms with E-state index in [-0.39, 0.29) is 12.0 Å². The third kappa shape index (κ3) is 4.48. The molecule has 1 unspecified atom stereocenters. The first-order valence-corrected chi connectivity index (χ1v) is 8.70. The Balaban J connectivity index is 1.69. The number of aliphatic hydroxyl groups is 1. The summed E-state index contributed by atoms with van der Waals surface area (Å²) in [6, 6.07) is 18.2. The van der Waals surface area contributed by atoms with Gasteiger partial charge in [0.1, 0.15) is 0 Å². The van der Waals surface area contributed by atoms with Crippen molar-refractivity contribution in [1.82, 2.24) is 4.98 Å². The summed E-state index contributed by atoms with van der Waals surface area (Å²) in [7, 11) is 0. The highest BCUT2D eigenvalue weighted by atomic mass is 35.5. The summed E-state index contributed by atoms with van der Waals surface area (Å²) in [5.74, 6) is -0.188. The van der Waals surface area contributed by atoms with Gasteiger partial charge in [-0.2, -0.15) is 0 Å². The number of hydrogen-bond acceptors (Lipinski definition) is 3. The van der Waals surface area contributed by atoms with Crippen LogP contribution in [0.4, 0.5) is 5.69 Å². The van der Waals surface area contributed by atoms with Gasteiger partial charge in [0.25, 0.3) is 5.91 Å². The second-order valence-corrected chi connectivity index (χ2v) is 6.52. The number of amides is 1. The smallest absolute Gasteiger partial charge is 0.255 e. The highest BCUT2D eigenvalue weighted by molar-refractivity contribution is 6.33. The molecule has 0 spiro atoms. The summed E-state index contributed by atoms with van der Waals surface area (Å²) in [6.07, 6.45) is 1.89. The lowest BCUT2D eigenvalue weighted by Crippen LogP contribution is -2.12. The van der Waals surface area contributed by atoms with Crippen molar-refractivity contribution in [3.63, 3.8) is 0 Å². The zero-order valence-corrected chi connectivity index (χ0v) is 15.1. The van der Waals surface area contributed by atoms with Crippen LogP contribution in [0.2, 0.25) is 5.02 Å². The fourth-order valence-corrected chi connectivity index (χ4v) is 2.88. The van der Waals surface area contributed by atoms with Crippen LogP contribution >= 0.6 is 11.6 Å². The Kier molecular flexibility index (Phi) is 5.66. The first kappa shape index (κ1) is 18.1. The van der Waals surface area contributed by atoms with Crippen LogP contribution in [0.3, 0.4) is 0 Å². The molecule has 2 aromatic carbocycles. The second-order valence-electron chi connectivity index (χ2n) is 6.12. The lowest BCUT2D eigenvalue weighted by molar-refractivity contribution is 0.102. The molecule has 4 nitrogen and oxygen atoms in total. The summed E-state index contributed by atoms with van der Waals surface area (Å²) in [6.45, 7) is 1.75. The van der Waals surface area contributed by atoms with Crippen molar-refractivity contribution in [2.75, 3.05) is 5.32 Å². The molecule has 132 valence electrons. The monoisotopic (exact) mass is 366 g/mol. The van der Waals surface area contributed by atoms with E-state index in [0.717, 1.165) is 11.1 Å². The summed E-state index contributed by atoms with van der Waals surface area (Å²) in [4.78, 5) is 16.7. The van der Waals surface area contributed by atoms with Crippen molar-refractivity contribution < 1.29 is 9.90 Å². The number of hydrogen-bond donors (Lipinski definition) is 2. The summed E-state index contributed by atoms with van der Waals surface area (Å²) >= 11 is 6.16. The summed E-state index contributed by atoms with van der Waals surface area (Å²) < 4.78 is 0. The number of carbonyl (C=O) groups excluding carboxylic acids is 1. The van der Waals surface area contributed by atoms with E-state index in [4.69, 9.17) is 11.6 Å². The molecular weight excluding hydrogens is 348 g/mol. The topological polar surface area (TPSA) is 62.2 Å². The quantitative estimate of drug-likeness (QED) is 0.694. The van der Waals surface area contributed by atoms with E-state index < -0.39 is 0 Å². The Hall–Kier alpha value is -2.69. The van der Waals surface area contributed by atoms with Crippen molar-refractivity contribution in [2.45, 2.75) is 19.4 Å². The van der Waals surface area contributed by atoms with Crippen molar-refractivity contribution in [2.24, 2.45) is 0 Å². The van der Waals surface area contributed by atoms with E-state index in [1.54, 1.807) is 37.4 Å². The Morgan fingerprint density at radius 3 is 2.42 bits per heavy atom. The molecule has 5 heteroatoms. The first-order chi connectivity index (χ1) is 12.5. The third-order valence-corrected chi connectivity index (χ3v) is 4.23. The largest absolute Gasteiger partial charge is 0.393 e. The van der Waals surface area contributed by atoms with E-state index in [2.05, 4.69) is 10.3 Å². The highest BCUT2D eigenvalue weighted by Gasteiger charge is 2.09. The zero-order valence-electron chi connectivity index (χ0n) is 14.3. The highest BCUT2D eigenvalue weighted by Crippen LogP contribution is 2.25. The molecule has 1 aromatic heterocycles. The molecule has 0 bridgehead atoms. The van der Waals surface area contributed by atoms with Crippen LogP contribution in [0.5, 0.6) is 0 Å². The number of nitrogens with one attached hydrogen (secondary N) is 1.